The van der Waals surface area contributed by atoms with Crippen molar-refractivity contribution in [2.24, 2.45) is 15.0 Å². The molecule has 6 aromatic carbocycles. The summed E-state index contributed by atoms with van der Waals surface area (Å²) in [6.07, 6.45) is 1.50. The van der Waals surface area contributed by atoms with E-state index in [-0.39, 0.29) is 21.2 Å². The third-order valence-corrected chi connectivity index (χ3v) is 12.3. The molecule has 14 heteroatoms. The van der Waals surface area contributed by atoms with Crippen LogP contribution in [-0.2, 0) is 37.1 Å². The first-order valence-electron chi connectivity index (χ1n) is 17.1. The van der Waals surface area contributed by atoms with Gasteiger partial charge in [0, 0.05) is 26.7 Å². The average Bonchev–Trinajstić information content (AvgIpc) is 3.82. The topological polar surface area (TPSA) is 158 Å². The Morgan fingerprint density at radius 3 is 1.48 bits per heavy atom. The van der Waals surface area contributed by atoms with Gasteiger partial charge >= 0.3 is 0 Å². The summed E-state index contributed by atoms with van der Waals surface area (Å²) in [5, 5.41) is 3.81. The van der Waals surface area contributed by atoms with Crippen LogP contribution in [0.2, 0.25) is 10.0 Å². The first kappa shape index (κ1) is 37.6. The van der Waals surface area contributed by atoms with Gasteiger partial charge in [-0.25, -0.2) is 4.99 Å². The lowest BCUT2D eigenvalue weighted by Gasteiger charge is -2.45. The Labute approximate surface area is 333 Å². The standard InChI is InChI=1S/C42H30Cl2N4O6S2/c43-36-23-21-32(55(49,50)51)25-34(36)41(45-27-38(46-41)28-13-5-1-6-14-28)42(35-26-33(56(52,53)54)22-24-37(35)44)47-39(29-15-7-2-8-16-29)40(48-42,30-17-9-3-10-18-30)31-19-11-4-12-20-31/h1-27,48H,(H,49,50,51)(H,52,53,54). The van der Waals surface area contributed by atoms with E-state index in [1.165, 1.54) is 30.5 Å². The second kappa shape index (κ2) is 14.0. The van der Waals surface area contributed by atoms with E-state index in [0.29, 0.717) is 33.7 Å². The van der Waals surface area contributed by atoms with Gasteiger partial charge in [0.2, 0.25) is 5.66 Å². The van der Waals surface area contributed by atoms with Gasteiger partial charge < -0.3 is 0 Å². The van der Waals surface area contributed by atoms with Crippen molar-refractivity contribution < 1.29 is 25.9 Å². The van der Waals surface area contributed by atoms with Crippen molar-refractivity contribution in [3.05, 3.63) is 201 Å². The zero-order valence-electron chi connectivity index (χ0n) is 29.0. The summed E-state index contributed by atoms with van der Waals surface area (Å²) in [6, 6.07) is 44.6. The highest BCUT2D eigenvalue weighted by Crippen LogP contribution is 2.58. The van der Waals surface area contributed by atoms with Crippen LogP contribution in [-0.4, -0.2) is 43.6 Å². The summed E-state index contributed by atoms with van der Waals surface area (Å²) in [5.41, 5.74) is -2.18. The molecule has 0 radical (unpaired) electrons. The fourth-order valence-electron chi connectivity index (χ4n) is 7.44. The monoisotopic (exact) mass is 820 g/mol. The van der Waals surface area contributed by atoms with Crippen LogP contribution in [0.3, 0.4) is 0 Å². The van der Waals surface area contributed by atoms with E-state index < -0.39 is 46.9 Å². The third kappa shape index (κ3) is 6.20. The van der Waals surface area contributed by atoms with Gasteiger partial charge in [-0.1, -0.05) is 145 Å². The number of rotatable bonds is 9. The molecule has 280 valence electrons. The van der Waals surface area contributed by atoms with Crippen molar-refractivity contribution >= 4 is 61.1 Å². The van der Waals surface area contributed by atoms with Gasteiger partial charge in [-0.05, 0) is 53.1 Å². The zero-order chi connectivity index (χ0) is 39.3. The molecule has 2 heterocycles. The summed E-state index contributed by atoms with van der Waals surface area (Å²) in [4.78, 5) is 15.0. The van der Waals surface area contributed by atoms with Crippen LogP contribution in [0.1, 0.15) is 33.4 Å². The van der Waals surface area contributed by atoms with Crippen LogP contribution in [0.4, 0.5) is 0 Å². The number of nitrogens with zero attached hydrogens (tertiary/aromatic N) is 3. The molecule has 0 spiro atoms. The lowest BCUT2D eigenvalue weighted by atomic mass is 9.75. The zero-order valence-corrected chi connectivity index (χ0v) is 32.2. The molecule has 0 aliphatic carbocycles. The number of nitrogens with one attached hydrogen (secondary N) is 1. The number of halogens is 2. The largest absolute Gasteiger partial charge is 0.294 e. The SMILES string of the molecule is O=S(=O)(O)c1ccc(Cl)c(C2(C3(c4cc(S(=O)(=O)O)ccc4Cl)N=C(c4ccccc4)C(c4ccccc4)(c4ccccc4)N3)N=CC(c3ccccc3)=N2)c1. The number of aliphatic imine (C=N–C) groups is 3. The molecule has 0 fully saturated rings. The van der Waals surface area contributed by atoms with E-state index in [0.717, 1.165) is 12.1 Å². The van der Waals surface area contributed by atoms with E-state index in [9.17, 15) is 25.9 Å². The molecule has 3 N–H and O–H groups in total. The Bertz CT molecular complexity index is 2770. The fraction of sp³-hybridized carbons (Fsp3) is 0.0714. The average molecular weight is 822 g/mol. The van der Waals surface area contributed by atoms with Gasteiger partial charge in [0.1, 0.15) is 5.54 Å². The van der Waals surface area contributed by atoms with Gasteiger partial charge in [0.25, 0.3) is 20.2 Å². The molecular weight excluding hydrogens is 792 g/mol. The van der Waals surface area contributed by atoms with Crippen LogP contribution >= 0.6 is 23.2 Å². The summed E-state index contributed by atoms with van der Waals surface area (Å²) >= 11 is 14.2. The van der Waals surface area contributed by atoms with Crippen molar-refractivity contribution in [3.8, 4) is 0 Å². The fourth-order valence-corrected chi connectivity index (χ4v) is 8.95. The molecule has 6 aromatic rings. The molecule has 2 unspecified atom stereocenters. The number of hydrogen-bond acceptors (Lipinski definition) is 8. The van der Waals surface area contributed by atoms with Crippen LogP contribution in [0.15, 0.2) is 182 Å². The lowest BCUT2D eigenvalue weighted by molar-refractivity contribution is 0.180. The molecule has 0 amide bonds. The van der Waals surface area contributed by atoms with E-state index in [4.69, 9.17) is 38.2 Å². The molecule has 0 saturated heterocycles. The maximum atomic E-state index is 12.9. The second-order valence-electron chi connectivity index (χ2n) is 13.2. The van der Waals surface area contributed by atoms with Crippen molar-refractivity contribution in [1.82, 2.24) is 5.32 Å². The summed E-state index contributed by atoms with van der Waals surface area (Å²) in [6.45, 7) is 0. The predicted molar refractivity (Wildman–Crippen MR) is 217 cm³/mol. The first-order valence-corrected chi connectivity index (χ1v) is 20.7. The third-order valence-electron chi connectivity index (χ3n) is 9.93. The van der Waals surface area contributed by atoms with E-state index in [2.05, 4.69) is 5.32 Å². The van der Waals surface area contributed by atoms with E-state index in [1.54, 1.807) is 0 Å². The highest BCUT2D eigenvalue weighted by atomic mass is 35.5. The Hall–Kier alpha value is -5.31. The molecule has 0 aromatic heterocycles. The Kier molecular flexibility index (Phi) is 9.41. The Morgan fingerprint density at radius 1 is 0.536 bits per heavy atom. The minimum Gasteiger partial charge on any atom is -0.282 e. The summed E-state index contributed by atoms with van der Waals surface area (Å²) < 4.78 is 72.1. The molecule has 56 heavy (non-hydrogen) atoms. The van der Waals surface area contributed by atoms with E-state index in [1.807, 2.05) is 121 Å². The summed E-state index contributed by atoms with van der Waals surface area (Å²) in [7, 11) is -9.66. The summed E-state index contributed by atoms with van der Waals surface area (Å²) in [5.74, 6) is 0. The predicted octanol–water partition coefficient (Wildman–Crippen LogP) is 8.10. The maximum absolute atomic E-state index is 12.9. The second-order valence-corrected chi connectivity index (χ2v) is 16.8. The van der Waals surface area contributed by atoms with Gasteiger partial charge in [0.15, 0.2) is 5.66 Å². The van der Waals surface area contributed by atoms with E-state index >= 15 is 0 Å². The van der Waals surface area contributed by atoms with Gasteiger partial charge in [0.05, 0.1) is 27.4 Å². The van der Waals surface area contributed by atoms with Crippen LogP contribution in [0.5, 0.6) is 0 Å². The number of hydrogen-bond donors (Lipinski definition) is 3. The smallest absolute Gasteiger partial charge is 0.282 e. The normalized spacial score (nSPS) is 20.4. The molecule has 8 rings (SSSR count). The van der Waals surface area contributed by atoms with Crippen molar-refractivity contribution in [1.29, 1.82) is 0 Å². The minimum absolute atomic E-state index is 0.00000273. The maximum Gasteiger partial charge on any atom is 0.294 e. The molecule has 10 nitrogen and oxygen atoms in total. The van der Waals surface area contributed by atoms with Crippen molar-refractivity contribution in [2.45, 2.75) is 26.7 Å². The highest BCUT2D eigenvalue weighted by Gasteiger charge is 2.66. The molecule has 2 atom stereocenters. The van der Waals surface area contributed by atoms with Crippen LogP contribution < -0.4 is 5.32 Å². The van der Waals surface area contributed by atoms with Crippen molar-refractivity contribution in [2.75, 3.05) is 0 Å². The Balaban J connectivity index is 1.61. The highest BCUT2D eigenvalue weighted by molar-refractivity contribution is 7.86. The van der Waals surface area contributed by atoms with Gasteiger partial charge in [-0.15, -0.1) is 0 Å². The minimum atomic E-state index is -4.84. The van der Waals surface area contributed by atoms with Crippen molar-refractivity contribution in [3.63, 3.8) is 0 Å². The van der Waals surface area contributed by atoms with Crippen LogP contribution in [0.25, 0.3) is 0 Å². The first-order chi connectivity index (χ1) is 26.8. The van der Waals surface area contributed by atoms with Gasteiger partial charge in [-0.3, -0.25) is 24.4 Å². The molecule has 2 aliphatic rings. The number of benzene rings is 6. The van der Waals surface area contributed by atoms with Crippen LogP contribution in [0, 0.1) is 0 Å². The molecule has 0 bridgehead atoms. The molecule has 0 saturated carbocycles. The van der Waals surface area contributed by atoms with Gasteiger partial charge in [-0.2, -0.15) is 16.8 Å². The Morgan fingerprint density at radius 2 is 0.982 bits per heavy atom. The quantitative estimate of drug-likeness (QED) is 0.124. The molecule has 2 aliphatic heterocycles. The molecular formula is C42H30Cl2N4O6S2. The lowest BCUT2D eigenvalue weighted by Crippen LogP contribution is -2.59.